The van der Waals surface area contributed by atoms with E-state index < -0.39 is 0 Å². The van der Waals surface area contributed by atoms with Crippen molar-refractivity contribution >= 4 is 5.90 Å². The van der Waals surface area contributed by atoms with Crippen molar-refractivity contribution in [1.29, 1.82) is 0 Å². The van der Waals surface area contributed by atoms with E-state index in [-0.39, 0.29) is 23.9 Å². The normalized spacial score (nSPS) is 31.6. The molecule has 0 radical (unpaired) electrons. The van der Waals surface area contributed by atoms with Gasteiger partial charge in [0, 0.05) is 18.0 Å². The van der Waals surface area contributed by atoms with Crippen LogP contribution in [-0.2, 0) is 4.74 Å². The van der Waals surface area contributed by atoms with Crippen molar-refractivity contribution in [2.45, 2.75) is 37.5 Å². The second kappa shape index (κ2) is 4.04. The Labute approximate surface area is 100 Å². The van der Waals surface area contributed by atoms with E-state index in [0.717, 1.165) is 24.8 Å². The maximum absolute atomic E-state index is 9.24. The average Bonchev–Trinajstić information content (AvgIpc) is 2.72. The van der Waals surface area contributed by atoms with E-state index in [1.165, 1.54) is 0 Å². The van der Waals surface area contributed by atoms with E-state index in [0.29, 0.717) is 5.90 Å². The van der Waals surface area contributed by atoms with Gasteiger partial charge < -0.3 is 15.6 Å². The summed E-state index contributed by atoms with van der Waals surface area (Å²) < 4.78 is 5.85. The number of aromatic hydroxyl groups is 1. The highest BCUT2D eigenvalue weighted by molar-refractivity contribution is 5.95. The largest absolute Gasteiger partial charge is 0.508 e. The second-order valence-electron chi connectivity index (χ2n) is 4.78. The van der Waals surface area contributed by atoms with Crippen molar-refractivity contribution in [2.75, 3.05) is 0 Å². The van der Waals surface area contributed by atoms with E-state index >= 15 is 0 Å². The van der Waals surface area contributed by atoms with E-state index in [1.54, 1.807) is 12.1 Å². The Balaban J connectivity index is 1.80. The first kappa shape index (κ1) is 10.6. The molecule has 1 saturated carbocycles. The van der Waals surface area contributed by atoms with Gasteiger partial charge in [-0.05, 0) is 37.1 Å². The minimum atomic E-state index is 0.141. The molecule has 4 heteroatoms. The maximum atomic E-state index is 9.24. The Morgan fingerprint density at radius 1 is 1.24 bits per heavy atom. The minimum absolute atomic E-state index is 0.141. The first-order chi connectivity index (χ1) is 8.22. The number of rotatable bonds is 1. The fourth-order valence-electron chi connectivity index (χ4n) is 2.49. The molecular formula is C13H16N2O2. The van der Waals surface area contributed by atoms with Crippen LogP contribution in [0.2, 0.25) is 0 Å². The highest BCUT2D eigenvalue weighted by Gasteiger charge is 2.36. The standard InChI is InChI=1S/C13H16N2O2/c14-9-3-6-11-12(7-9)17-13(15-11)8-1-4-10(16)5-2-8/h1-2,4-5,9,11-12,16H,3,6-7,14H2. The molecule has 1 aliphatic carbocycles. The molecule has 3 unspecified atom stereocenters. The van der Waals surface area contributed by atoms with Crippen LogP contribution in [0.3, 0.4) is 0 Å². The van der Waals surface area contributed by atoms with Gasteiger partial charge in [-0.3, -0.25) is 0 Å². The molecule has 0 aromatic heterocycles. The number of phenolic OH excluding ortho intramolecular Hbond substituents is 1. The number of fused-ring (bicyclic) bond motifs is 1. The minimum Gasteiger partial charge on any atom is -0.508 e. The van der Waals surface area contributed by atoms with Crippen molar-refractivity contribution < 1.29 is 9.84 Å². The van der Waals surface area contributed by atoms with Crippen LogP contribution in [0, 0.1) is 0 Å². The van der Waals surface area contributed by atoms with Crippen LogP contribution in [-0.4, -0.2) is 29.2 Å². The Kier molecular flexibility index (Phi) is 2.52. The van der Waals surface area contributed by atoms with Gasteiger partial charge in [0.25, 0.3) is 0 Å². The summed E-state index contributed by atoms with van der Waals surface area (Å²) in [6, 6.07) is 7.45. The zero-order valence-corrected chi connectivity index (χ0v) is 9.54. The predicted molar refractivity (Wildman–Crippen MR) is 65.1 cm³/mol. The summed E-state index contributed by atoms with van der Waals surface area (Å²) >= 11 is 0. The summed E-state index contributed by atoms with van der Waals surface area (Å²) in [6.07, 6.45) is 3.06. The van der Waals surface area contributed by atoms with Crippen molar-refractivity contribution in [1.82, 2.24) is 0 Å². The third-order valence-corrected chi connectivity index (χ3v) is 3.46. The van der Waals surface area contributed by atoms with Crippen LogP contribution < -0.4 is 5.73 Å². The lowest BCUT2D eigenvalue weighted by Gasteiger charge is -2.26. The summed E-state index contributed by atoms with van der Waals surface area (Å²) in [5.74, 6) is 0.945. The Hall–Kier alpha value is -1.55. The molecule has 1 fully saturated rings. The lowest BCUT2D eigenvalue weighted by molar-refractivity contribution is 0.142. The van der Waals surface area contributed by atoms with Crippen molar-refractivity contribution in [3.63, 3.8) is 0 Å². The summed E-state index contributed by atoms with van der Waals surface area (Å²) in [5, 5.41) is 9.24. The van der Waals surface area contributed by atoms with Crippen LogP contribution in [0.25, 0.3) is 0 Å². The number of nitrogens with two attached hydrogens (primary N) is 1. The summed E-state index contributed by atoms with van der Waals surface area (Å²) in [6.45, 7) is 0. The quantitative estimate of drug-likeness (QED) is 0.769. The topological polar surface area (TPSA) is 67.8 Å². The molecule has 3 N–H and O–H groups in total. The Morgan fingerprint density at radius 3 is 2.76 bits per heavy atom. The Bertz CT molecular complexity index is 441. The fourth-order valence-corrected chi connectivity index (χ4v) is 2.49. The molecule has 2 aliphatic rings. The molecule has 3 rings (SSSR count). The molecular weight excluding hydrogens is 216 g/mol. The number of hydrogen-bond acceptors (Lipinski definition) is 4. The highest BCUT2D eigenvalue weighted by atomic mass is 16.5. The van der Waals surface area contributed by atoms with Crippen molar-refractivity contribution in [2.24, 2.45) is 10.7 Å². The van der Waals surface area contributed by atoms with Gasteiger partial charge in [-0.15, -0.1) is 0 Å². The third kappa shape index (κ3) is 2.00. The zero-order valence-electron chi connectivity index (χ0n) is 9.54. The molecule has 3 atom stereocenters. The zero-order chi connectivity index (χ0) is 11.8. The van der Waals surface area contributed by atoms with Gasteiger partial charge in [0.05, 0.1) is 6.04 Å². The van der Waals surface area contributed by atoms with Crippen LogP contribution in [0.15, 0.2) is 29.3 Å². The molecule has 0 bridgehead atoms. The van der Waals surface area contributed by atoms with Gasteiger partial charge in [-0.1, -0.05) is 0 Å². The molecule has 4 nitrogen and oxygen atoms in total. The SMILES string of the molecule is NC1CCC2N=C(c3ccc(O)cc3)OC2C1. The smallest absolute Gasteiger partial charge is 0.216 e. The van der Waals surface area contributed by atoms with Gasteiger partial charge in [-0.25, -0.2) is 4.99 Å². The number of phenols is 1. The van der Waals surface area contributed by atoms with Gasteiger partial charge in [0.15, 0.2) is 0 Å². The lowest BCUT2D eigenvalue weighted by Crippen LogP contribution is -2.37. The molecule has 1 aromatic carbocycles. The first-order valence-electron chi connectivity index (χ1n) is 6.02. The molecule has 17 heavy (non-hydrogen) atoms. The molecule has 0 spiro atoms. The van der Waals surface area contributed by atoms with E-state index in [4.69, 9.17) is 10.5 Å². The number of nitrogens with zero attached hydrogens (tertiary/aromatic N) is 1. The predicted octanol–water partition coefficient (Wildman–Crippen LogP) is 1.42. The molecule has 1 aromatic rings. The summed E-state index contributed by atoms with van der Waals surface area (Å²) in [7, 11) is 0. The second-order valence-corrected chi connectivity index (χ2v) is 4.78. The summed E-state index contributed by atoms with van der Waals surface area (Å²) in [4.78, 5) is 4.60. The van der Waals surface area contributed by atoms with Gasteiger partial charge in [0.1, 0.15) is 11.9 Å². The molecule has 0 amide bonds. The van der Waals surface area contributed by atoms with Crippen LogP contribution in [0.5, 0.6) is 5.75 Å². The monoisotopic (exact) mass is 232 g/mol. The van der Waals surface area contributed by atoms with Gasteiger partial charge in [0.2, 0.25) is 5.90 Å². The number of benzene rings is 1. The van der Waals surface area contributed by atoms with E-state index in [1.807, 2.05) is 12.1 Å². The number of aliphatic imine (C=N–C) groups is 1. The maximum Gasteiger partial charge on any atom is 0.216 e. The molecule has 0 saturated heterocycles. The lowest BCUT2D eigenvalue weighted by atomic mass is 9.90. The van der Waals surface area contributed by atoms with Crippen LogP contribution >= 0.6 is 0 Å². The first-order valence-corrected chi connectivity index (χ1v) is 6.02. The van der Waals surface area contributed by atoms with Crippen LogP contribution in [0.1, 0.15) is 24.8 Å². The third-order valence-electron chi connectivity index (χ3n) is 3.46. The molecule has 90 valence electrons. The number of hydrogen-bond donors (Lipinski definition) is 2. The Morgan fingerprint density at radius 2 is 2.00 bits per heavy atom. The van der Waals surface area contributed by atoms with Gasteiger partial charge in [-0.2, -0.15) is 0 Å². The van der Waals surface area contributed by atoms with Crippen molar-refractivity contribution in [3.8, 4) is 5.75 Å². The van der Waals surface area contributed by atoms with E-state index in [2.05, 4.69) is 4.99 Å². The fraction of sp³-hybridized carbons (Fsp3) is 0.462. The van der Waals surface area contributed by atoms with E-state index in [9.17, 15) is 5.11 Å². The summed E-state index contributed by atoms with van der Waals surface area (Å²) in [5.41, 5.74) is 6.85. The van der Waals surface area contributed by atoms with Crippen molar-refractivity contribution in [3.05, 3.63) is 29.8 Å². The molecule has 1 heterocycles. The highest BCUT2D eigenvalue weighted by Crippen LogP contribution is 2.29. The van der Waals surface area contributed by atoms with Crippen LogP contribution in [0.4, 0.5) is 0 Å². The average molecular weight is 232 g/mol. The van der Waals surface area contributed by atoms with Gasteiger partial charge >= 0.3 is 0 Å². The molecule has 1 aliphatic heterocycles. The number of ether oxygens (including phenoxy) is 1.